The van der Waals surface area contributed by atoms with E-state index in [1.54, 1.807) is 0 Å². The Bertz CT molecular complexity index is 511. The van der Waals surface area contributed by atoms with Crippen LogP contribution in [0.1, 0.15) is 24.6 Å². The zero-order valence-electron chi connectivity index (χ0n) is 10.4. The molecular formula is C10H17N3O4S. The zero-order chi connectivity index (χ0) is 13.3. The fourth-order valence-corrected chi connectivity index (χ4v) is 2.90. The summed E-state index contributed by atoms with van der Waals surface area (Å²) >= 11 is 0. The molecule has 1 aromatic rings. The average Bonchev–Trinajstić information content (AvgIpc) is 2.97. The lowest BCUT2D eigenvalue weighted by Gasteiger charge is -2.17. The molecule has 0 bridgehead atoms. The lowest BCUT2D eigenvalue weighted by atomic mass is 10.1. The molecule has 1 aliphatic rings. The second-order valence-electron chi connectivity index (χ2n) is 4.41. The van der Waals surface area contributed by atoms with Crippen molar-refractivity contribution >= 4 is 10.2 Å². The number of hydrogen-bond acceptors (Lipinski definition) is 5. The van der Waals surface area contributed by atoms with Gasteiger partial charge in [-0.2, -0.15) is 12.7 Å². The Morgan fingerprint density at radius 2 is 2.28 bits per heavy atom. The molecule has 0 spiro atoms. The molecule has 102 valence electrons. The fourth-order valence-electron chi connectivity index (χ4n) is 1.95. The quantitative estimate of drug-likeness (QED) is 0.819. The number of ether oxygens (including phenoxy) is 1. The molecule has 18 heavy (non-hydrogen) atoms. The van der Waals surface area contributed by atoms with Crippen LogP contribution in [0.15, 0.2) is 12.5 Å². The van der Waals surface area contributed by atoms with Crippen LogP contribution in [-0.2, 0) is 14.9 Å². The van der Waals surface area contributed by atoms with Gasteiger partial charge in [0.2, 0.25) is 0 Å². The third-order valence-corrected chi connectivity index (χ3v) is 4.71. The number of aromatic nitrogens is 2. The molecule has 8 heteroatoms. The summed E-state index contributed by atoms with van der Waals surface area (Å²) in [4.78, 5) is 3.88. The Labute approximate surface area is 106 Å². The zero-order valence-corrected chi connectivity index (χ0v) is 11.2. The van der Waals surface area contributed by atoms with Crippen LogP contribution in [0.2, 0.25) is 0 Å². The van der Waals surface area contributed by atoms with Gasteiger partial charge in [-0.05, 0) is 12.8 Å². The van der Waals surface area contributed by atoms with Crippen LogP contribution in [0.3, 0.4) is 0 Å². The molecule has 0 radical (unpaired) electrons. The lowest BCUT2D eigenvalue weighted by Crippen LogP contribution is -2.30. The summed E-state index contributed by atoms with van der Waals surface area (Å²) in [6.07, 6.45) is 3.60. The van der Waals surface area contributed by atoms with Gasteiger partial charge in [-0.15, -0.1) is 0 Å². The Morgan fingerprint density at radius 1 is 1.56 bits per heavy atom. The Balaban J connectivity index is 2.29. The Hall–Kier alpha value is -0.960. The van der Waals surface area contributed by atoms with E-state index in [-0.39, 0.29) is 18.8 Å². The second-order valence-corrected chi connectivity index (χ2v) is 6.43. The predicted molar refractivity (Wildman–Crippen MR) is 64.2 cm³/mol. The van der Waals surface area contributed by atoms with Gasteiger partial charge in [0.15, 0.2) is 0 Å². The maximum absolute atomic E-state index is 12.1. The molecule has 0 aromatic carbocycles. The van der Waals surface area contributed by atoms with Crippen molar-refractivity contribution in [3.8, 4) is 0 Å². The summed E-state index contributed by atoms with van der Waals surface area (Å²) in [5, 5.41) is 9.02. The average molecular weight is 275 g/mol. The third kappa shape index (κ3) is 2.28. The topological polar surface area (TPSA) is 84.7 Å². The molecule has 1 N–H and O–H groups in total. The van der Waals surface area contributed by atoms with Gasteiger partial charge >= 0.3 is 10.2 Å². The molecular weight excluding hydrogens is 258 g/mol. The minimum Gasteiger partial charge on any atom is -0.394 e. The molecule has 2 atom stereocenters. The van der Waals surface area contributed by atoms with E-state index in [0.29, 0.717) is 18.5 Å². The Kier molecular flexibility index (Phi) is 3.71. The molecule has 1 saturated heterocycles. The lowest BCUT2D eigenvalue weighted by molar-refractivity contribution is 0.00888. The van der Waals surface area contributed by atoms with E-state index in [9.17, 15) is 8.42 Å². The molecule has 0 saturated carbocycles. The highest BCUT2D eigenvalue weighted by atomic mass is 32.2. The van der Waals surface area contributed by atoms with E-state index < -0.39 is 10.2 Å². The molecule has 0 unspecified atom stereocenters. The summed E-state index contributed by atoms with van der Waals surface area (Å²) in [7, 11) is -0.654. The van der Waals surface area contributed by atoms with Gasteiger partial charge in [0, 0.05) is 14.1 Å². The molecule has 2 rings (SSSR count). The van der Waals surface area contributed by atoms with Crippen molar-refractivity contribution < 1.29 is 18.3 Å². The Morgan fingerprint density at radius 3 is 2.83 bits per heavy atom. The van der Waals surface area contributed by atoms with Crippen LogP contribution in [0, 0.1) is 0 Å². The summed E-state index contributed by atoms with van der Waals surface area (Å²) in [5.74, 6) is 0. The van der Waals surface area contributed by atoms with Crippen molar-refractivity contribution in [3.63, 3.8) is 0 Å². The van der Waals surface area contributed by atoms with Gasteiger partial charge in [0.1, 0.15) is 12.4 Å². The van der Waals surface area contributed by atoms with E-state index in [1.807, 2.05) is 0 Å². The van der Waals surface area contributed by atoms with Crippen LogP contribution in [0.25, 0.3) is 0 Å². The van der Waals surface area contributed by atoms with Gasteiger partial charge in [0.05, 0.1) is 24.6 Å². The second kappa shape index (κ2) is 4.96. The van der Waals surface area contributed by atoms with Crippen molar-refractivity contribution in [3.05, 3.63) is 18.2 Å². The molecule has 0 aliphatic carbocycles. The van der Waals surface area contributed by atoms with Gasteiger partial charge < -0.3 is 9.84 Å². The first kappa shape index (κ1) is 13.5. The summed E-state index contributed by atoms with van der Waals surface area (Å²) < 4.78 is 32.0. The number of hydrogen-bond donors (Lipinski definition) is 1. The molecule has 0 amide bonds. The number of nitrogens with zero attached hydrogens (tertiary/aromatic N) is 3. The van der Waals surface area contributed by atoms with Crippen LogP contribution in [0.5, 0.6) is 0 Å². The minimum absolute atomic E-state index is 0.0505. The smallest absolute Gasteiger partial charge is 0.308 e. The molecule has 2 heterocycles. The fraction of sp³-hybridized carbons (Fsp3) is 0.700. The molecule has 7 nitrogen and oxygen atoms in total. The highest BCUT2D eigenvalue weighted by Gasteiger charge is 2.31. The van der Waals surface area contributed by atoms with Crippen molar-refractivity contribution in [1.29, 1.82) is 0 Å². The highest BCUT2D eigenvalue weighted by molar-refractivity contribution is 7.87. The van der Waals surface area contributed by atoms with Crippen molar-refractivity contribution in [2.24, 2.45) is 0 Å². The molecule has 1 fully saturated rings. The SMILES string of the molecule is CN(C)S(=O)(=O)n1cncc1[C@H]1CC[C@@H](CO)O1. The minimum atomic E-state index is -3.58. The first-order valence-corrected chi connectivity index (χ1v) is 7.08. The summed E-state index contributed by atoms with van der Waals surface area (Å²) in [5.41, 5.74) is 0.500. The van der Waals surface area contributed by atoms with Crippen LogP contribution in [-0.4, -0.2) is 53.6 Å². The van der Waals surface area contributed by atoms with Gasteiger partial charge in [-0.1, -0.05) is 0 Å². The number of rotatable bonds is 4. The molecule has 1 aromatic heterocycles. The summed E-state index contributed by atoms with van der Waals surface area (Å²) in [6.45, 7) is -0.0505. The van der Waals surface area contributed by atoms with Crippen molar-refractivity contribution in [2.75, 3.05) is 20.7 Å². The normalized spacial score (nSPS) is 24.9. The first-order chi connectivity index (χ1) is 8.46. The van der Waals surface area contributed by atoms with Crippen LogP contribution < -0.4 is 0 Å². The third-order valence-electron chi connectivity index (χ3n) is 2.98. The van der Waals surface area contributed by atoms with Crippen molar-refractivity contribution in [1.82, 2.24) is 13.3 Å². The van der Waals surface area contributed by atoms with Gasteiger partial charge in [-0.25, -0.2) is 8.96 Å². The van der Waals surface area contributed by atoms with Gasteiger partial charge in [0.25, 0.3) is 0 Å². The van der Waals surface area contributed by atoms with Crippen LogP contribution in [0.4, 0.5) is 0 Å². The first-order valence-electron chi connectivity index (χ1n) is 5.68. The van der Waals surface area contributed by atoms with E-state index in [0.717, 1.165) is 8.28 Å². The highest BCUT2D eigenvalue weighted by Crippen LogP contribution is 2.32. The molecule has 1 aliphatic heterocycles. The number of aliphatic hydroxyl groups is 1. The van der Waals surface area contributed by atoms with E-state index in [4.69, 9.17) is 9.84 Å². The maximum Gasteiger partial charge on any atom is 0.308 e. The van der Waals surface area contributed by atoms with Gasteiger partial charge in [-0.3, -0.25) is 0 Å². The van der Waals surface area contributed by atoms with E-state index in [2.05, 4.69) is 4.98 Å². The number of imidazole rings is 1. The monoisotopic (exact) mass is 275 g/mol. The maximum atomic E-state index is 12.1. The van der Waals surface area contributed by atoms with E-state index in [1.165, 1.54) is 26.6 Å². The predicted octanol–water partition coefficient (Wildman–Crippen LogP) is -0.250. The van der Waals surface area contributed by atoms with Crippen LogP contribution >= 0.6 is 0 Å². The van der Waals surface area contributed by atoms with Crippen molar-refractivity contribution in [2.45, 2.75) is 25.0 Å². The summed E-state index contributed by atoms with van der Waals surface area (Å²) in [6, 6.07) is 0. The van der Waals surface area contributed by atoms with E-state index >= 15 is 0 Å². The standard InChI is InChI=1S/C10H17N3O4S/c1-12(2)18(15,16)13-7-11-5-9(13)10-4-3-8(6-14)17-10/h5,7-8,10,14H,3-4,6H2,1-2H3/t8-,10+/m0/s1. The largest absolute Gasteiger partial charge is 0.394 e. The number of aliphatic hydroxyl groups excluding tert-OH is 1.